The number of nitrogens with zero attached hydrogens (tertiary/aromatic N) is 1. The van der Waals surface area contributed by atoms with Crippen molar-refractivity contribution in [3.8, 4) is 0 Å². The van der Waals surface area contributed by atoms with Crippen LogP contribution in [0.25, 0.3) is 0 Å². The molecule has 3 heteroatoms. The second-order valence-electron chi connectivity index (χ2n) is 6.32. The highest BCUT2D eigenvalue weighted by Gasteiger charge is 2.25. The molecule has 110 valence electrons. The highest BCUT2D eigenvalue weighted by Crippen LogP contribution is 2.31. The van der Waals surface area contributed by atoms with E-state index in [2.05, 4.69) is 29.3 Å². The summed E-state index contributed by atoms with van der Waals surface area (Å²) >= 11 is 6.19. The number of benzene rings is 1. The van der Waals surface area contributed by atoms with Gasteiger partial charge in [-0.05, 0) is 55.4 Å². The van der Waals surface area contributed by atoms with Crippen LogP contribution in [0.3, 0.4) is 0 Å². The van der Waals surface area contributed by atoms with Crippen LogP contribution >= 0.6 is 11.6 Å². The molecule has 1 aliphatic heterocycles. The molecule has 1 aromatic rings. The SMILES string of the molecule is CCCC1CCN(c2ccc(Cl)cc2CNC2CC2)C1. The first-order chi connectivity index (χ1) is 9.76. The van der Waals surface area contributed by atoms with Gasteiger partial charge in [0.15, 0.2) is 0 Å². The van der Waals surface area contributed by atoms with Gasteiger partial charge in [-0.25, -0.2) is 0 Å². The first-order valence-corrected chi connectivity index (χ1v) is 8.41. The summed E-state index contributed by atoms with van der Waals surface area (Å²) < 4.78 is 0. The zero-order valence-electron chi connectivity index (χ0n) is 12.4. The Morgan fingerprint density at radius 1 is 1.30 bits per heavy atom. The molecule has 1 heterocycles. The van der Waals surface area contributed by atoms with Crippen LogP contribution in [0, 0.1) is 5.92 Å². The van der Waals surface area contributed by atoms with Crippen molar-refractivity contribution in [3.05, 3.63) is 28.8 Å². The molecule has 2 fully saturated rings. The minimum absolute atomic E-state index is 0.744. The average molecular weight is 293 g/mol. The van der Waals surface area contributed by atoms with Crippen molar-refractivity contribution in [2.75, 3.05) is 18.0 Å². The van der Waals surface area contributed by atoms with Crippen LogP contribution in [0.1, 0.15) is 44.6 Å². The minimum Gasteiger partial charge on any atom is -0.371 e. The second kappa shape index (κ2) is 6.36. The van der Waals surface area contributed by atoms with Crippen LogP contribution in [0.4, 0.5) is 5.69 Å². The van der Waals surface area contributed by atoms with Crippen LogP contribution in [0.5, 0.6) is 0 Å². The zero-order chi connectivity index (χ0) is 13.9. The normalized spacial score (nSPS) is 22.5. The number of nitrogens with one attached hydrogen (secondary N) is 1. The molecule has 0 amide bonds. The first kappa shape index (κ1) is 14.2. The van der Waals surface area contributed by atoms with Crippen LogP contribution in [-0.4, -0.2) is 19.1 Å². The lowest BCUT2D eigenvalue weighted by atomic mass is 10.0. The number of halogens is 1. The summed E-state index contributed by atoms with van der Waals surface area (Å²) in [5.74, 6) is 0.875. The lowest BCUT2D eigenvalue weighted by molar-refractivity contribution is 0.529. The highest BCUT2D eigenvalue weighted by molar-refractivity contribution is 6.30. The van der Waals surface area contributed by atoms with Crippen LogP contribution in [0.15, 0.2) is 18.2 Å². The summed E-state index contributed by atoms with van der Waals surface area (Å²) in [7, 11) is 0. The van der Waals surface area contributed by atoms with Crippen molar-refractivity contribution >= 4 is 17.3 Å². The standard InChI is InChI=1S/C17H25ClN2/c1-2-3-13-8-9-20(12-13)17-7-4-15(18)10-14(17)11-19-16-5-6-16/h4,7,10,13,16,19H,2-3,5-6,8-9,11-12H2,1H3. The number of rotatable bonds is 6. The largest absolute Gasteiger partial charge is 0.371 e. The third kappa shape index (κ3) is 3.48. The Kier molecular flexibility index (Phi) is 4.52. The van der Waals surface area contributed by atoms with Crippen LogP contribution in [0.2, 0.25) is 5.02 Å². The Balaban J connectivity index is 1.70. The molecule has 1 saturated heterocycles. The van der Waals surface area contributed by atoms with Crippen molar-refractivity contribution in [2.45, 2.75) is 51.6 Å². The molecule has 0 bridgehead atoms. The van der Waals surface area contributed by atoms with E-state index in [0.717, 1.165) is 23.5 Å². The molecular formula is C17H25ClN2. The van der Waals surface area contributed by atoms with Gasteiger partial charge in [-0.15, -0.1) is 0 Å². The fourth-order valence-electron chi connectivity index (χ4n) is 3.24. The van der Waals surface area contributed by atoms with E-state index in [-0.39, 0.29) is 0 Å². The van der Waals surface area contributed by atoms with Crippen molar-refractivity contribution < 1.29 is 0 Å². The van der Waals surface area contributed by atoms with E-state index in [9.17, 15) is 0 Å². The van der Waals surface area contributed by atoms with Gasteiger partial charge in [0.1, 0.15) is 0 Å². The van der Waals surface area contributed by atoms with Gasteiger partial charge in [-0.3, -0.25) is 0 Å². The van der Waals surface area contributed by atoms with Crippen molar-refractivity contribution in [1.82, 2.24) is 5.32 Å². The minimum atomic E-state index is 0.744. The zero-order valence-corrected chi connectivity index (χ0v) is 13.1. The van der Waals surface area contributed by atoms with E-state index in [4.69, 9.17) is 11.6 Å². The van der Waals surface area contributed by atoms with E-state index >= 15 is 0 Å². The summed E-state index contributed by atoms with van der Waals surface area (Å²) in [6.45, 7) is 5.65. The third-order valence-corrected chi connectivity index (χ3v) is 4.76. The van der Waals surface area contributed by atoms with Crippen LogP contribution in [-0.2, 0) is 6.54 Å². The molecule has 0 spiro atoms. The molecule has 0 radical (unpaired) electrons. The van der Waals surface area contributed by atoms with Gasteiger partial charge in [0.05, 0.1) is 0 Å². The molecule has 1 saturated carbocycles. The van der Waals surface area contributed by atoms with E-state index < -0.39 is 0 Å². The molecule has 20 heavy (non-hydrogen) atoms. The smallest absolute Gasteiger partial charge is 0.0412 e. The van der Waals surface area contributed by atoms with Gasteiger partial charge >= 0.3 is 0 Å². The summed E-state index contributed by atoms with van der Waals surface area (Å²) in [5, 5.41) is 4.47. The van der Waals surface area contributed by atoms with Gasteiger partial charge in [0.2, 0.25) is 0 Å². The molecule has 1 aliphatic carbocycles. The van der Waals surface area contributed by atoms with Crippen molar-refractivity contribution in [3.63, 3.8) is 0 Å². The van der Waals surface area contributed by atoms with Gasteiger partial charge in [0.25, 0.3) is 0 Å². The molecule has 3 rings (SSSR count). The predicted molar refractivity (Wildman–Crippen MR) is 86.5 cm³/mol. The summed E-state index contributed by atoms with van der Waals surface area (Å²) in [4.78, 5) is 2.56. The van der Waals surface area contributed by atoms with E-state index in [1.54, 1.807) is 0 Å². The Bertz CT molecular complexity index is 456. The van der Waals surface area contributed by atoms with Crippen LogP contribution < -0.4 is 10.2 Å². The third-order valence-electron chi connectivity index (χ3n) is 4.52. The quantitative estimate of drug-likeness (QED) is 0.844. The fourth-order valence-corrected chi connectivity index (χ4v) is 3.44. The summed E-state index contributed by atoms with van der Waals surface area (Å²) in [6.07, 6.45) is 6.66. The van der Waals surface area contributed by atoms with E-state index in [0.29, 0.717) is 0 Å². The van der Waals surface area contributed by atoms with Gasteiger partial charge in [-0.2, -0.15) is 0 Å². The molecular weight excluding hydrogens is 268 g/mol. The fraction of sp³-hybridized carbons (Fsp3) is 0.647. The predicted octanol–water partition coefficient (Wildman–Crippen LogP) is 4.22. The van der Waals surface area contributed by atoms with Gasteiger partial charge < -0.3 is 10.2 Å². The molecule has 1 unspecified atom stereocenters. The monoisotopic (exact) mass is 292 g/mol. The summed E-state index contributed by atoms with van der Waals surface area (Å²) in [6, 6.07) is 7.12. The molecule has 2 nitrogen and oxygen atoms in total. The second-order valence-corrected chi connectivity index (χ2v) is 6.75. The van der Waals surface area contributed by atoms with E-state index in [1.165, 1.54) is 56.4 Å². The average Bonchev–Trinajstić information content (AvgIpc) is 3.16. The molecule has 2 aliphatic rings. The highest BCUT2D eigenvalue weighted by atomic mass is 35.5. The Morgan fingerprint density at radius 2 is 2.15 bits per heavy atom. The maximum Gasteiger partial charge on any atom is 0.0412 e. The van der Waals surface area contributed by atoms with Crippen molar-refractivity contribution in [1.29, 1.82) is 0 Å². The lowest BCUT2D eigenvalue weighted by Gasteiger charge is -2.23. The number of hydrogen-bond acceptors (Lipinski definition) is 2. The molecule has 1 aromatic carbocycles. The van der Waals surface area contributed by atoms with Crippen molar-refractivity contribution in [2.24, 2.45) is 5.92 Å². The maximum absolute atomic E-state index is 6.19. The molecule has 1 atom stereocenters. The number of hydrogen-bond donors (Lipinski definition) is 1. The molecule has 1 N–H and O–H groups in total. The van der Waals surface area contributed by atoms with Gasteiger partial charge in [-0.1, -0.05) is 24.9 Å². The number of anilines is 1. The first-order valence-electron chi connectivity index (χ1n) is 8.03. The Labute approximate surface area is 127 Å². The summed E-state index contributed by atoms with van der Waals surface area (Å²) in [5.41, 5.74) is 2.75. The topological polar surface area (TPSA) is 15.3 Å². The Morgan fingerprint density at radius 3 is 2.90 bits per heavy atom. The lowest BCUT2D eigenvalue weighted by Crippen LogP contribution is -2.23. The van der Waals surface area contributed by atoms with E-state index in [1.807, 2.05) is 6.07 Å². The van der Waals surface area contributed by atoms with Gasteiger partial charge in [0, 0.05) is 36.4 Å². The maximum atomic E-state index is 6.19. The molecule has 0 aromatic heterocycles. The Hall–Kier alpha value is -0.730.